The van der Waals surface area contributed by atoms with Gasteiger partial charge in [0, 0.05) is 24.2 Å². The standard InChI is InChI=1S/C18H24N4OS/c23-16-9-7-13(8-10-16)17-20-21-18(24-17)19-14-4-3-11-22(12-14)15-5-1-2-6-15/h7-10,14-15,23H,1-6,11-12H2,(H,19,21)/t14-/m0/s1. The van der Waals surface area contributed by atoms with E-state index in [1.54, 1.807) is 23.5 Å². The van der Waals surface area contributed by atoms with Crippen LogP contribution in [0.15, 0.2) is 24.3 Å². The van der Waals surface area contributed by atoms with Crippen molar-refractivity contribution in [3.8, 4) is 16.3 Å². The van der Waals surface area contributed by atoms with Gasteiger partial charge in [0.15, 0.2) is 0 Å². The number of aromatic nitrogens is 2. The number of likely N-dealkylation sites (tertiary alicyclic amines) is 1. The molecule has 0 unspecified atom stereocenters. The fourth-order valence-electron chi connectivity index (χ4n) is 3.90. The van der Waals surface area contributed by atoms with Crippen molar-refractivity contribution in [1.29, 1.82) is 0 Å². The van der Waals surface area contributed by atoms with E-state index in [-0.39, 0.29) is 5.75 Å². The highest BCUT2D eigenvalue weighted by Crippen LogP contribution is 2.30. The van der Waals surface area contributed by atoms with E-state index >= 15 is 0 Å². The van der Waals surface area contributed by atoms with Crippen LogP contribution in [0.4, 0.5) is 5.13 Å². The van der Waals surface area contributed by atoms with Crippen LogP contribution in [0.1, 0.15) is 38.5 Å². The summed E-state index contributed by atoms with van der Waals surface area (Å²) in [6.07, 6.45) is 8.00. The van der Waals surface area contributed by atoms with Crippen molar-refractivity contribution >= 4 is 16.5 Å². The molecular formula is C18H24N4OS. The van der Waals surface area contributed by atoms with Gasteiger partial charge in [-0.3, -0.25) is 4.90 Å². The van der Waals surface area contributed by atoms with Gasteiger partial charge in [0.05, 0.1) is 0 Å². The van der Waals surface area contributed by atoms with E-state index in [1.807, 2.05) is 12.1 Å². The van der Waals surface area contributed by atoms with Gasteiger partial charge in [-0.1, -0.05) is 24.2 Å². The van der Waals surface area contributed by atoms with Gasteiger partial charge in [-0.25, -0.2) is 0 Å². The molecule has 0 amide bonds. The summed E-state index contributed by atoms with van der Waals surface area (Å²) in [6.45, 7) is 2.37. The third kappa shape index (κ3) is 3.54. The maximum Gasteiger partial charge on any atom is 0.206 e. The zero-order valence-electron chi connectivity index (χ0n) is 13.8. The normalized spacial score (nSPS) is 22.8. The SMILES string of the molecule is Oc1ccc(-c2nnc(N[C@H]3CCCN(C4CCCC4)C3)s2)cc1. The molecule has 1 saturated carbocycles. The fraction of sp³-hybridized carbons (Fsp3) is 0.556. The lowest BCUT2D eigenvalue weighted by Crippen LogP contribution is -2.46. The highest BCUT2D eigenvalue weighted by molar-refractivity contribution is 7.18. The second-order valence-electron chi connectivity index (χ2n) is 6.88. The molecule has 2 heterocycles. The Hall–Kier alpha value is -1.66. The fourth-order valence-corrected chi connectivity index (χ4v) is 4.73. The molecule has 0 radical (unpaired) electrons. The van der Waals surface area contributed by atoms with Gasteiger partial charge >= 0.3 is 0 Å². The van der Waals surface area contributed by atoms with E-state index in [0.29, 0.717) is 6.04 Å². The quantitative estimate of drug-likeness (QED) is 0.885. The third-order valence-corrected chi connectivity index (χ3v) is 6.06. The van der Waals surface area contributed by atoms with Crippen LogP contribution in [0.5, 0.6) is 5.75 Å². The molecule has 1 atom stereocenters. The molecule has 0 bridgehead atoms. The van der Waals surface area contributed by atoms with Crippen LogP contribution < -0.4 is 5.32 Å². The van der Waals surface area contributed by atoms with Crippen molar-refractivity contribution in [3.05, 3.63) is 24.3 Å². The second kappa shape index (κ2) is 7.07. The summed E-state index contributed by atoms with van der Waals surface area (Å²) in [7, 11) is 0. The summed E-state index contributed by atoms with van der Waals surface area (Å²) in [6, 6.07) is 8.40. The Balaban J connectivity index is 1.39. The van der Waals surface area contributed by atoms with Gasteiger partial charge in [-0.15, -0.1) is 10.2 Å². The van der Waals surface area contributed by atoms with Crippen molar-refractivity contribution in [2.75, 3.05) is 18.4 Å². The molecule has 2 aromatic rings. The number of aromatic hydroxyl groups is 1. The number of hydrogen-bond donors (Lipinski definition) is 2. The summed E-state index contributed by atoms with van der Waals surface area (Å²) in [5.74, 6) is 0.274. The number of anilines is 1. The van der Waals surface area contributed by atoms with Crippen molar-refractivity contribution in [2.24, 2.45) is 0 Å². The smallest absolute Gasteiger partial charge is 0.206 e. The zero-order valence-corrected chi connectivity index (χ0v) is 14.6. The zero-order chi connectivity index (χ0) is 16.4. The predicted molar refractivity (Wildman–Crippen MR) is 97.5 cm³/mol. The molecule has 1 aliphatic heterocycles. The number of benzene rings is 1. The summed E-state index contributed by atoms with van der Waals surface area (Å²) in [4.78, 5) is 2.68. The van der Waals surface area contributed by atoms with Crippen LogP contribution >= 0.6 is 11.3 Å². The van der Waals surface area contributed by atoms with E-state index < -0.39 is 0 Å². The minimum atomic E-state index is 0.274. The predicted octanol–water partition coefficient (Wildman–Crippen LogP) is 3.73. The van der Waals surface area contributed by atoms with Crippen LogP contribution in [0.2, 0.25) is 0 Å². The lowest BCUT2D eigenvalue weighted by atomic mass is 10.0. The Kier molecular flexibility index (Phi) is 4.67. The summed E-state index contributed by atoms with van der Waals surface area (Å²) in [5, 5.41) is 23.4. The lowest BCUT2D eigenvalue weighted by molar-refractivity contribution is 0.156. The minimum absolute atomic E-state index is 0.274. The molecule has 24 heavy (non-hydrogen) atoms. The number of hydrogen-bond acceptors (Lipinski definition) is 6. The Bertz CT molecular complexity index is 666. The average Bonchev–Trinajstić information content (AvgIpc) is 3.28. The molecule has 1 aromatic heterocycles. The Labute approximate surface area is 146 Å². The van der Waals surface area contributed by atoms with Gasteiger partial charge in [-0.05, 0) is 56.5 Å². The third-order valence-electron chi connectivity index (χ3n) is 5.16. The average molecular weight is 344 g/mol. The Morgan fingerprint density at radius 1 is 1.04 bits per heavy atom. The molecule has 1 aromatic carbocycles. The number of phenols is 1. The topological polar surface area (TPSA) is 61.3 Å². The van der Waals surface area contributed by atoms with E-state index in [2.05, 4.69) is 20.4 Å². The highest BCUT2D eigenvalue weighted by atomic mass is 32.1. The van der Waals surface area contributed by atoms with Gasteiger partial charge in [0.1, 0.15) is 10.8 Å². The van der Waals surface area contributed by atoms with E-state index in [0.717, 1.165) is 28.3 Å². The van der Waals surface area contributed by atoms with Crippen molar-refractivity contribution in [3.63, 3.8) is 0 Å². The summed E-state index contributed by atoms with van der Waals surface area (Å²) >= 11 is 1.59. The number of piperidine rings is 1. The molecule has 2 aliphatic rings. The van der Waals surface area contributed by atoms with Crippen molar-refractivity contribution < 1.29 is 5.11 Å². The van der Waals surface area contributed by atoms with E-state index in [4.69, 9.17) is 0 Å². The molecule has 6 heteroatoms. The molecule has 2 N–H and O–H groups in total. The first-order chi connectivity index (χ1) is 11.8. The summed E-state index contributed by atoms with van der Waals surface area (Å²) in [5.41, 5.74) is 0.995. The van der Waals surface area contributed by atoms with E-state index in [9.17, 15) is 5.11 Å². The highest BCUT2D eigenvalue weighted by Gasteiger charge is 2.28. The monoisotopic (exact) mass is 344 g/mol. The minimum Gasteiger partial charge on any atom is -0.508 e. The van der Waals surface area contributed by atoms with Gasteiger partial charge in [0.25, 0.3) is 0 Å². The molecule has 1 aliphatic carbocycles. The summed E-state index contributed by atoms with van der Waals surface area (Å²) < 4.78 is 0. The number of phenolic OH excluding ortho intramolecular Hbond substituents is 1. The van der Waals surface area contributed by atoms with Gasteiger partial charge in [0.2, 0.25) is 5.13 Å². The molecular weight excluding hydrogens is 320 g/mol. The number of nitrogens with zero attached hydrogens (tertiary/aromatic N) is 3. The van der Waals surface area contributed by atoms with Crippen molar-refractivity contribution in [1.82, 2.24) is 15.1 Å². The Morgan fingerprint density at radius 2 is 1.83 bits per heavy atom. The van der Waals surface area contributed by atoms with Crippen LogP contribution in [0.3, 0.4) is 0 Å². The molecule has 5 nitrogen and oxygen atoms in total. The molecule has 0 spiro atoms. The molecule has 1 saturated heterocycles. The number of rotatable bonds is 4. The van der Waals surface area contributed by atoms with Crippen LogP contribution in [-0.4, -0.2) is 45.4 Å². The van der Waals surface area contributed by atoms with Gasteiger partial charge in [-0.2, -0.15) is 0 Å². The molecule has 2 fully saturated rings. The largest absolute Gasteiger partial charge is 0.508 e. The maximum atomic E-state index is 9.39. The second-order valence-corrected chi connectivity index (χ2v) is 7.85. The lowest BCUT2D eigenvalue weighted by Gasteiger charge is -2.36. The first kappa shape index (κ1) is 15.8. The van der Waals surface area contributed by atoms with E-state index in [1.165, 1.54) is 45.1 Å². The molecule has 128 valence electrons. The van der Waals surface area contributed by atoms with Crippen LogP contribution in [-0.2, 0) is 0 Å². The Morgan fingerprint density at radius 3 is 2.62 bits per heavy atom. The first-order valence-electron chi connectivity index (χ1n) is 8.91. The van der Waals surface area contributed by atoms with Crippen LogP contribution in [0.25, 0.3) is 10.6 Å². The number of nitrogens with one attached hydrogen (secondary N) is 1. The molecule has 4 rings (SSSR count). The van der Waals surface area contributed by atoms with Gasteiger partial charge < -0.3 is 10.4 Å². The van der Waals surface area contributed by atoms with Crippen LogP contribution in [0, 0.1) is 0 Å². The first-order valence-corrected chi connectivity index (χ1v) is 9.73. The maximum absolute atomic E-state index is 9.39. The van der Waals surface area contributed by atoms with Crippen molar-refractivity contribution in [2.45, 2.75) is 50.6 Å².